The fraction of sp³-hybridized carbons (Fsp3) is 0.600. The van der Waals surface area contributed by atoms with Crippen molar-refractivity contribution >= 4 is 0 Å². The van der Waals surface area contributed by atoms with Crippen molar-refractivity contribution < 1.29 is 0 Å². The fourth-order valence-electron chi connectivity index (χ4n) is 1.12. The van der Waals surface area contributed by atoms with Gasteiger partial charge in [-0.2, -0.15) is 5.10 Å². The second-order valence-electron chi connectivity index (χ2n) is 3.58. The summed E-state index contributed by atoms with van der Waals surface area (Å²) in [5.74, 6) is 2.26. The number of hydrogen-bond acceptors (Lipinski definition) is 3. The number of aromatic nitrogens is 3. The maximum absolute atomic E-state index is 4.44. The first-order valence-corrected chi connectivity index (χ1v) is 4.86. The molecular weight excluding hydrogens is 176 g/mol. The lowest BCUT2D eigenvalue weighted by atomic mass is 10.2. The van der Waals surface area contributed by atoms with Gasteiger partial charge in [-0.1, -0.05) is 19.9 Å². The summed E-state index contributed by atoms with van der Waals surface area (Å²) in [6, 6.07) is 0. The first-order valence-electron chi connectivity index (χ1n) is 4.86. The third-order valence-electron chi connectivity index (χ3n) is 1.96. The summed E-state index contributed by atoms with van der Waals surface area (Å²) in [6.45, 7) is 9.36. The molecule has 14 heavy (non-hydrogen) atoms. The van der Waals surface area contributed by atoms with E-state index >= 15 is 0 Å². The fourth-order valence-corrected chi connectivity index (χ4v) is 1.12. The molecule has 1 N–H and O–H groups in total. The Labute approximate surface area is 85.0 Å². The van der Waals surface area contributed by atoms with E-state index in [1.54, 1.807) is 0 Å². The minimum Gasteiger partial charge on any atom is -0.306 e. The minimum absolute atomic E-state index is 0.384. The van der Waals surface area contributed by atoms with Crippen LogP contribution in [0.1, 0.15) is 31.4 Å². The van der Waals surface area contributed by atoms with Gasteiger partial charge in [-0.3, -0.25) is 4.68 Å². The van der Waals surface area contributed by atoms with Crippen LogP contribution in [0.15, 0.2) is 12.7 Å². The maximum Gasteiger partial charge on any atom is 0.153 e. The first kappa shape index (κ1) is 10.9. The number of nitrogens with one attached hydrogen (secondary N) is 1. The molecule has 0 aromatic carbocycles. The topological polar surface area (TPSA) is 42.7 Å². The second kappa shape index (κ2) is 4.91. The molecule has 4 heteroatoms. The zero-order chi connectivity index (χ0) is 10.6. The summed E-state index contributed by atoms with van der Waals surface area (Å²) < 4.78 is 1.82. The molecule has 0 aliphatic heterocycles. The molecule has 0 radical (unpaired) electrons. The molecule has 1 heterocycles. The van der Waals surface area contributed by atoms with E-state index in [4.69, 9.17) is 0 Å². The molecule has 0 bridgehead atoms. The second-order valence-corrected chi connectivity index (χ2v) is 3.58. The molecule has 0 saturated heterocycles. The van der Waals surface area contributed by atoms with E-state index in [-0.39, 0.29) is 0 Å². The minimum atomic E-state index is 0.384. The summed E-state index contributed by atoms with van der Waals surface area (Å²) in [6.07, 6.45) is 1.83. The Morgan fingerprint density at radius 2 is 2.29 bits per heavy atom. The Hall–Kier alpha value is -1.16. The lowest BCUT2D eigenvalue weighted by molar-refractivity contribution is 0.638. The Balaban J connectivity index is 2.62. The van der Waals surface area contributed by atoms with Crippen molar-refractivity contribution in [3.05, 3.63) is 24.3 Å². The predicted molar refractivity (Wildman–Crippen MR) is 57.0 cm³/mol. The van der Waals surface area contributed by atoms with Gasteiger partial charge in [0.2, 0.25) is 0 Å². The van der Waals surface area contributed by atoms with Gasteiger partial charge in [0.1, 0.15) is 5.82 Å². The van der Waals surface area contributed by atoms with Crippen LogP contribution in [0.2, 0.25) is 0 Å². The third-order valence-corrected chi connectivity index (χ3v) is 1.96. The number of rotatable bonds is 5. The molecule has 0 aliphatic rings. The van der Waals surface area contributed by atoms with Crippen LogP contribution in [0.25, 0.3) is 0 Å². The average Bonchev–Trinajstić information content (AvgIpc) is 2.49. The lowest BCUT2D eigenvalue weighted by Gasteiger charge is -1.99. The van der Waals surface area contributed by atoms with E-state index in [0.717, 1.165) is 24.7 Å². The summed E-state index contributed by atoms with van der Waals surface area (Å²) in [4.78, 5) is 4.44. The summed E-state index contributed by atoms with van der Waals surface area (Å²) in [7, 11) is 1.92. The van der Waals surface area contributed by atoms with Crippen LogP contribution in [0, 0.1) is 0 Å². The molecule has 0 saturated carbocycles. The van der Waals surface area contributed by atoms with E-state index < -0.39 is 0 Å². The number of aryl methyl sites for hydroxylation is 1. The Bertz CT molecular complexity index is 301. The largest absolute Gasteiger partial charge is 0.306 e. The van der Waals surface area contributed by atoms with Gasteiger partial charge in [-0.25, -0.2) is 4.98 Å². The Morgan fingerprint density at radius 1 is 1.57 bits per heavy atom. The van der Waals surface area contributed by atoms with Gasteiger partial charge in [0, 0.05) is 19.5 Å². The van der Waals surface area contributed by atoms with E-state index in [9.17, 15) is 0 Å². The van der Waals surface area contributed by atoms with Gasteiger partial charge in [-0.05, 0) is 0 Å². The van der Waals surface area contributed by atoms with Gasteiger partial charge in [0.15, 0.2) is 5.82 Å². The van der Waals surface area contributed by atoms with Crippen molar-refractivity contribution in [2.75, 3.05) is 6.54 Å². The van der Waals surface area contributed by atoms with Crippen molar-refractivity contribution in [2.45, 2.75) is 26.3 Å². The van der Waals surface area contributed by atoms with E-state index in [0.29, 0.717) is 5.92 Å². The van der Waals surface area contributed by atoms with Crippen molar-refractivity contribution in [2.24, 2.45) is 7.05 Å². The van der Waals surface area contributed by atoms with Crippen molar-refractivity contribution in [1.82, 2.24) is 20.1 Å². The van der Waals surface area contributed by atoms with Gasteiger partial charge >= 0.3 is 0 Å². The molecule has 1 aromatic rings. The van der Waals surface area contributed by atoms with E-state index in [1.807, 2.05) is 17.8 Å². The van der Waals surface area contributed by atoms with Crippen LogP contribution in [0.3, 0.4) is 0 Å². The van der Waals surface area contributed by atoms with Crippen LogP contribution < -0.4 is 5.32 Å². The molecule has 0 fully saturated rings. The monoisotopic (exact) mass is 194 g/mol. The van der Waals surface area contributed by atoms with Crippen molar-refractivity contribution in [1.29, 1.82) is 0 Å². The highest BCUT2D eigenvalue weighted by molar-refractivity contribution is 4.96. The smallest absolute Gasteiger partial charge is 0.153 e. The Morgan fingerprint density at radius 3 is 2.79 bits per heavy atom. The van der Waals surface area contributed by atoms with E-state index in [1.165, 1.54) is 0 Å². The standard InChI is InChI=1S/C10H18N4/c1-5-6-11-7-9-12-10(8(2)3)13-14(9)4/h5,8,11H,1,6-7H2,2-4H3. The molecule has 78 valence electrons. The maximum atomic E-state index is 4.44. The molecule has 0 aliphatic carbocycles. The highest BCUT2D eigenvalue weighted by Gasteiger charge is 2.08. The highest BCUT2D eigenvalue weighted by Crippen LogP contribution is 2.08. The molecule has 1 rings (SSSR count). The summed E-state index contributed by atoms with van der Waals surface area (Å²) in [5, 5.41) is 7.53. The normalized spacial score (nSPS) is 10.9. The zero-order valence-electron chi connectivity index (χ0n) is 9.12. The van der Waals surface area contributed by atoms with E-state index in [2.05, 4.69) is 35.8 Å². The molecule has 4 nitrogen and oxygen atoms in total. The SMILES string of the molecule is C=CCNCc1nc(C(C)C)nn1C. The molecule has 1 aromatic heterocycles. The van der Waals surface area contributed by atoms with Crippen LogP contribution >= 0.6 is 0 Å². The highest BCUT2D eigenvalue weighted by atomic mass is 15.3. The van der Waals surface area contributed by atoms with Gasteiger partial charge in [-0.15, -0.1) is 6.58 Å². The average molecular weight is 194 g/mol. The van der Waals surface area contributed by atoms with Gasteiger partial charge in [0.05, 0.1) is 6.54 Å². The van der Waals surface area contributed by atoms with Crippen LogP contribution in [0.4, 0.5) is 0 Å². The number of hydrogen-bond donors (Lipinski definition) is 1. The predicted octanol–water partition coefficient (Wildman–Crippen LogP) is 1.21. The van der Waals surface area contributed by atoms with Gasteiger partial charge < -0.3 is 5.32 Å². The molecule has 0 amide bonds. The molecule has 0 atom stereocenters. The third kappa shape index (κ3) is 2.67. The summed E-state index contributed by atoms with van der Waals surface area (Å²) >= 11 is 0. The van der Waals surface area contributed by atoms with Crippen molar-refractivity contribution in [3.8, 4) is 0 Å². The molecule has 0 spiro atoms. The Kier molecular flexibility index (Phi) is 3.83. The zero-order valence-corrected chi connectivity index (χ0v) is 9.12. The van der Waals surface area contributed by atoms with Crippen LogP contribution in [0.5, 0.6) is 0 Å². The van der Waals surface area contributed by atoms with Gasteiger partial charge in [0.25, 0.3) is 0 Å². The summed E-state index contributed by atoms with van der Waals surface area (Å²) in [5.41, 5.74) is 0. The molecule has 0 unspecified atom stereocenters. The quantitative estimate of drug-likeness (QED) is 0.566. The van der Waals surface area contributed by atoms with Crippen LogP contribution in [-0.4, -0.2) is 21.3 Å². The number of nitrogens with zero attached hydrogens (tertiary/aromatic N) is 3. The van der Waals surface area contributed by atoms with Crippen molar-refractivity contribution in [3.63, 3.8) is 0 Å². The molecular formula is C10H18N4. The van der Waals surface area contributed by atoms with Crippen LogP contribution in [-0.2, 0) is 13.6 Å². The lowest BCUT2D eigenvalue weighted by Crippen LogP contribution is -2.16. The first-order chi connectivity index (χ1) is 6.65.